The largest absolute Gasteiger partial charge is 0.431 e. The minimum Gasteiger partial charge on any atom is -0.431 e. The zero-order valence-corrected chi connectivity index (χ0v) is 12.3. The number of nitro groups is 1. The number of nitro benzene ring substituents is 1. The third kappa shape index (κ3) is 3.02. The van der Waals surface area contributed by atoms with Gasteiger partial charge in [0.1, 0.15) is 5.82 Å². The van der Waals surface area contributed by atoms with Crippen LogP contribution in [0.2, 0.25) is 5.28 Å². The Kier molecular flexibility index (Phi) is 4.15. The Morgan fingerprint density at radius 2 is 2.20 bits per heavy atom. The third-order valence-corrected chi connectivity index (χ3v) is 3.09. The highest BCUT2D eigenvalue weighted by Crippen LogP contribution is 2.35. The van der Waals surface area contributed by atoms with Crippen molar-refractivity contribution in [2.75, 3.05) is 0 Å². The van der Waals surface area contributed by atoms with Crippen molar-refractivity contribution in [1.82, 2.24) is 9.97 Å². The molecule has 9 heteroatoms. The molecule has 0 N–H and O–H groups in total. The minimum absolute atomic E-state index is 0.0230. The Morgan fingerprint density at radius 3 is 2.85 bits per heavy atom. The van der Waals surface area contributed by atoms with Gasteiger partial charge < -0.3 is 4.74 Å². The van der Waals surface area contributed by atoms with Crippen LogP contribution in [0.3, 0.4) is 0 Å². The number of hydrogen-bond donors (Lipinski definition) is 0. The summed E-state index contributed by atoms with van der Waals surface area (Å²) in [6.07, 6.45) is 1.39. The Hall–Kier alpha value is -1.80. The van der Waals surface area contributed by atoms with E-state index in [1.165, 1.54) is 6.20 Å². The van der Waals surface area contributed by atoms with Crippen LogP contribution < -0.4 is 4.74 Å². The van der Waals surface area contributed by atoms with E-state index in [4.69, 9.17) is 16.3 Å². The summed E-state index contributed by atoms with van der Waals surface area (Å²) >= 11 is 8.50. The molecular weight excluding hydrogens is 356 g/mol. The summed E-state index contributed by atoms with van der Waals surface area (Å²) < 4.78 is 18.7. The van der Waals surface area contributed by atoms with Crippen molar-refractivity contribution in [2.45, 2.75) is 6.92 Å². The molecule has 0 unspecified atom stereocenters. The molecule has 0 spiro atoms. The van der Waals surface area contributed by atoms with Crippen molar-refractivity contribution in [3.8, 4) is 11.6 Å². The molecule has 1 aromatic carbocycles. The van der Waals surface area contributed by atoms with E-state index in [-0.39, 0.29) is 21.4 Å². The average Bonchev–Trinajstić information content (AvgIpc) is 2.37. The summed E-state index contributed by atoms with van der Waals surface area (Å²) in [4.78, 5) is 17.8. The van der Waals surface area contributed by atoms with Crippen molar-refractivity contribution < 1.29 is 14.1 Å². The van der Waals surface area contributed by atoms with E-state index in [1.807, 2.05) is 0 Å². The number of hydrogen-bond acceptors (Lipinski definition) is 5. The molecule has 104 valence electrons. The van der Waals surface area contributed by atoms with Gasteiger partial charge >= 0.3 is 5.69 Å². The number of halogens is 3. The highest BCUT2D eigenvalue weighted by atomic mass is 79.9. The molecule has 0 aliphatic heterocycles. The molecule has 0 saturated heterocycles. The van der Waals surface area contributed by atoms with E-state index < -0.39 is 16.4 Å². The molecular formula is C11H6BrClFN3O3. The summed E-state index contributed by atoms with van der Waals surface area (Å²) in [5.41, 5.74) is 0.111. The van der Waals surface area contributed by atoms with E-state index >= 15 is 0 Å². The number of benzene rings is 1. The quantitative estimate of drug-likeness (QED) is 0.468. The van der Waals surface area contributed by atoms with Gasteiger partial charge in [-0.15, -0.1) is 0 Å². The summed E-state index contributed by atoms with van der Waals surface area (Å²) in [5.74, 6) is -0.938. The molecule has 0 saturated carbocycles. The normalized spacial score (nSPS) is 10.4. The maximum absolute atomic E-state index is 13.5. The lowest BCUT2D eigenvalue weighted by Crippen LogP contribution is -1.98. The Bertz CT molecular complexity index is 699. The maximum atomic E-state index is 13.5. The van der Waals surface area contributed by atoms with E-state index in [1.54, 1.807) is 6.92 Å². The van der Waals surface area contributed by atoms with Gasteiger partial charge in [0.05, 0.1) is 9.40 Å². The molecule has 0 amide bonds. The second-order valence-electron chi connectivity index (χ2n) is 3.72. The lowest BCUT2D eigenvalue weighted by molar-refractivity contribution is -0.385. The fraction of sp³-hybridized carbons (Fsp3) is 0.0909. The number of ether oxygens (including phenoxy) is 1. The third-order valence-electron chi connectivity index (χ3n) is 2.30. The molecule has 0 fully saturated rings. The molecule has 0 aliphatic carbocycles. The second kappa shape index (κ2) is 5.68. The van der Waals surface area contributed by atoms with Gasteiger partial charge in [0, 0.05) is 23.9 Å². The summed E-state index contributed by atoms with van der Waals surface area (Å²) in [5, 5.41) is 10.9. The van der Waals surface area contributed by atoms with Crippen LogP contribution in [0.1, 0.15) is 5.56 Å². The van der Waals surface area contributed by atoms with E-state index in [0.29, 0.717) is 5.56 Å². The van der Waals surface area contributed by atoms with Crippen LogP contribution in [0.5, 0.6) is 11.6 Å². The molecule has 0 atom stereocenters. The lowest BCUT2D eigenvalue weighted by atomic mass is 10.3. The van der Waals surface area contributed by atoms with Crippen LogP contribution >= 0.6 is 27.5 Å². The first-order valence-electron chi connectivity index (χ1n) is 5.19. The van der Waals surface area contributed by atoms with Gasteiger partial charge in [-0.3, -0.25) is 10.1 Å². The number of nitrogens with zero attached hydrogens (tertiary/aromatic N) is 3. The van der Waals surface area contributed by atoms with Gasteiger partial charge in [0.25, 0.3) is 0 Å². The minimum atomic E-state index is -0.691. The van der Waals surface area contributed by atoms with Crippen LogP contribution in [-0.4, -0.2) is 14.9 Å². The highest BCUT2D eigenvalue weighted by molar-refractivity contribution is 9.10. The van der Waals surface area contributed by atoms with Crippen molar-refractivity contribution >= 4 is 33.2 Å². The fourth-order valence-corrected chi connectivity index (χ4v) is 1.81. The Balaban J connectivity index is 2.50. The highest BCUT2D eigenvalue weighted by Gasteiger charge is 2.20. The number of aryl methyl sites for hydroxylation is 1. The standard InChI is InChI=1S/C11H6BrClFN3O3/c1-5-4-15-11(13)16-10(5)20-9-3-7(14)6(12)2-8(9)17(18)19/h2-4H,1H3. The van der Waals surface area contributed by atoms with E-state index in [9.17, 15) is 14.5 Å². The molecule has 0 bridgehead atoms. The smallest absolute Gasteiger partial charge is 0.312 e. The molecule has 0 radical (unpaired) electrons. The fourth-order valence-electron chi connectivity index (χ4n) is 1.36. The summed E-state index contributed by atoms with van der Waals surface area (Å²) in [6, 6.07) is 1.92. The lowest BCUT2D eigenvalue weighted by Gasteiger charge is -2.08. The SMILES string of the molecule is Cc1cnc(Cl)nc1Oc1cc(F)c(Br)cc1[N+](=O)[O-]. The maximum Gasteiger partial charge on any atom is 0.312 e. The van der Waals surface area contributed by atoms with Gasteiger partial charge in [-0.1, -0.05) is 0 Å². The zero-order valence-electron chi connectivity index (χ0n) is 9.93. The second-order valence-corrected chi connectivity index (χ2v) is 4.91. The first-order chi connectivity index (χ1) is 9.38. The van der Waals surface area contributed by atoms with Crippen LogP contribution in [-0.2, 0) is 0 Å². The predicted octanol–water partition coefficient (Wildman–Crippen LogP) is 4.04. The molecule has 2 aromatic rings. The van der Waals surface area contributed by atoms with Crippen molar-refractivity contribution in [2.24, 2.45) is 0 Å². The average molecular weight is 363 g/mol. The van der Waals surface area contributed by atoms with Crippen LogP contribution in [0.25, 0.3) is 0 Å². The molecule has 2 rings (SSSR count). The van der Waals surface area contributed by atoms with Crippen LogP contribution in [0.15, 0.2) is 22.8 Å². The van der Waals surface area contributed by atoms with E-state index in [0.717, 1.165) is 12.1 Å². The molecule has 6 nitrogen and oxygen atoms in total. The first kappa shape index (κ1) is 14.6. The van der Waals surface area contributed by atoms with E-state index in [2.05, 4.69) is 25.9 Å². The Labute approximate surface area is 125 Å². The van der Waals surface area contributed by atoms with Crippen LogP contribution in [0.4, 0.5) is 10.1 Å². The van der Waals surface area contributed by atoms with Crippen molar-refractivity contribution in [3.63, 3.8) is 0 Å². The number of rotatable bonds is 3. The van der Waals surface area contributed by atoms with Crippen molar-refractivity contribution in [3.05, 3.63) is 49.6 Å². The molecule has 1 aromatic heterocycles. The van der Waals surface area contributed by atoms with Crippen molar-refractivity contribution in [1.29, 1.82) is 0 Å². The molecule has 0 aliphatic rings. The van der Waals surface area contributed by atoms with Gasteiger partial charge in [0.2, 0.25) is 16.9 Å². The first-order valence-corrected chi connectivity index (χ1v) is 6.36. The van der Waals surface area contributed by atoms with Gasteiger partial charge in [-0.2, -0.15) is 4.98 Å². The number of aromatic nitrogens is 2. The van der Waals surface area contributed by atoms with Gasteiger partial charge in [0.15, 0.2) is 0 Å². The monoisotopic (exact) mass is 361 g/mol. The summed E-state index contributed by atoms with van der Waals surface area (Å²) in [7, 11) is 0. The predicted molar refractivity (Wildman–Crippen MR) is 72.6 cm³/mol. The molecule has 1 heterocycles. The van der Waals surface area contributed by atoms with Crippen LogP contribution in [0, 0.1) is 22.9 Å². The molecule has 20 heavy (non-hydrogen) atoms. The Morgan fingerprint density at radius 1 is 1.50 bits per heavy atom. The zero-order chi connectivity index (χ0) is 14.9. The van der Waals surface area contributed by atoms with Gasteiger partial charge in [-0.25, -0.2) is 9.37 Å². The topological polar surface area (TPSA) is 78.2 Å². The van der Waals surface area contributed by atoms with Gasteiger partial charge in [-0.05, 0) is 34.5 Å². The summed E-state index contributed by atoms with van der Waals surface area (Å²) in [6.45, 7) is 1.63.